The van der Waals surface area contributed by atoms with E-state index in [1.807, 2.05) is 0 Å². The van der Waals surface area contributed by atoms with E-state index >= 15 is 0 Å². The standard InChI is InChI=1S/C24H30N2OS/c1-17(27)24-15-21-22(16-25-11-3-2-4-12-25)26(13-10-23(21)28-24)20-9-8-18-6-5-7-19(18)14-20/h8-9,14-15,22H,2-7,10-13,16H2,1H3. The Morgan fingerprint density at radius 2 is 1.82 bits per heavy atom. The van der Waals surface area contributed by atoms with Crippen LogP contribution in [0.1, 0.15) is 69.9 Å². The Balaban J connectivity index is 1.50. The first-order valence-corrected chi connectivity index (χ1v) is 11.7. The molecule has 0 saturated carbocycles. The molecule has 2 aliphatic heterocycles. The molecular weight excluding hydrogens is 364 g/mol. The third-order valence-electron chi connectivity index (χ3n) is 6.80. The van der Waals surface area contributed by atoms with Gasteiger partial charge in [-0.2, -0.15) is 0 Å². The zero-order chi connectivity index (χ0) is 19.1. The minimum absolute atomic E-state index is 0.209. The van der Waals surface area contributed by atoms with Crippen LogP contribution in [0.3, 0.4) is 0 Å². The number of likely N-dealkylation sites (tertiary alicyclic amines) is 1. The summed E-state index contributed by atoms with van der Waals surface area (Å²) < 4.78 is 0. The number of anilines is 1. The third-order valence-corrected chi connectivity index (χ3v) is 8.11. The molecule has 3 nitrogen and oxygen atoms in total. The maximum absolute atomic E-state index is 12.0. The topological polar surface area (TPSA) is 23.6 Å². The number of fused-ring (bicyclic) bond motifs is 2. The van der Waals surface area contributed by atoms with Crippen LogP contribution < -0.4 is 4.90 Å². The van der Waals surface area contributed by atoms with E-state index in [1.165, 1.54) is 67.7 Å². The van der Waals surface area contributed by atoms with Crippen molar-refractivity contribution in [3.05, 3.63) is 50.7 Å². The van der Waals surface area contributed by atoms with Gasteiger partial charge >= 0.3 is 0 Å². The summed E-state index contributed by atoms with van der Waals surface area (Å²) in [5.41, 5.74) is 5.88. The molecule has 1 unspecified atom stereocenters. The molecule has 2 aromatic rings. The summed E-state index contributed by atoms with van der Waals surface area (Å²) in [5, 5.41) is 0. The van der Waals surface area contributed by atoms with E-state index in [1.54, 1.807) is 29.4 Å². The van der Waals surface area contributed by atoms with Crippen LogP contribution in [0.15, 0.2) is 24.3 Å². The second kappa shape index (κ2) is 7.64. The number of aryl methyl sites for hydroxylation is 2. The summed E-state index contributed by atoms with van der Waals surface area (Å²) in [6.07, 6.45) is 8.83. The Bertz CT molecular complexity index is 881. The molecule has 3 heterocycles. The van der Waals surface area contributed by atoms with Gasteiger partial charge in [0.05, 0.1) is 10.9 Å². The number of hydrogen-bond acceptors (Lipinski definition) is 4. The van der Waals surface area contributed by atoms with Crippen LogP contribution in [0.2, 0.25) is 0 Å². The number of Topliss-reactive ketones (excluding diaryl/α,β-unsaturated/α-hetero) is 1. The first-order valence-electron chi connectivity index (χ1n) is 10.9. The van der Waals surface area contributed by atoms with Crippen molar-refractivity contribution in [2.24, 2.45) is 0 Å². The van der Waals surface area contributed by atoms with Crippen molar-refractivity contribution in [2.75, 3.05) is 31.1 Å². The highest BCUT2D eigenvalue weighted by Gasteiger charge is 2.32. The second-order valence-electron chi connectivity index (χ2n) is 8.67. The quantitative estimate of drug-likeness (QED) is 0.680. The monoisotopic (exact) mass is 394 g/mol. The first kappa shape index (κ1) is 18.4. The van der Waals surface area contributed by atoms with Gasteiger partial charge in [0.25, 0.3) is 0 Å². The van der Waals surface area contributed by atoms with Gasteiger partial charge in [-0.05, 0) is 93.4 Å². The van der Waals surface area contributed by atoms with Crippen molar-refractivity contribution in [1.29, 1.82) is 0 Å². The zero-order valence-electron chi connectivity index (χ0n) is 16.9. The number of carbonyl (C=O) groups is 1. The molecule has 5 rings (SSSR count). The molecule has 148 valence electrons. The minimum Gasteiger partial charge on any atom is -0.363 e. The molecule has 1 aromatic heterocycles. The Kier molecular flexibility index (Phi) is 5.02. The van der Waals surface area contributed by atoms with Gasteiger partial charge in [-0.15, -0.1) is 11.3 Å². The normalized spacial score (nSPS) is 22.2. The number of thiophene rings is 1. The fourth-order valence-corrected chi connectivity index (χ4v) is 6.37. The summed E-state index contributed by atoms with van der Waals surface area (Å²) in [6.45, 7) is 6.27. The smallest absolute Gasteiger partial charge is 0.169 e. The minimum atomic E-state index is 0.209. The molecule has 1 aliphatic carbocycles. The average molecular weight is 395 g/mol. The SMILES string of the molecule is CC(=O)c1cc2c(s1)CCN(c1ccc3c(c1)CCC3)C2CN1CCCCC1. The number of rotatable bonds is 4. The summed E-state index contributed by atoms with van der Waals surface area (Å²) in [7, 11) is 0. The molecule has 0 spiro atoms. The van der Waals surface area contributed by atoms with E-state index in [9.17, 15) is 4.79 Å². The largest absolute Gasteiger partial charge is 0.363 e. The Hall–Kier alpha value is -1.65. The summed E-state index contributed by atoms with van der Waals surface area (Å²) in [6, 6.07) is 9.73. The van der Waals surface area contributed by atoms with E-state index in [2.05, 4.69) is 34.1 Å². The van der Waals surface area contributed by atoms with Crippen LogP contribution in [-0.4, -0.2) is 36.9 Å². The van der Waals surface area contributed by atoms with Gasteiger partial charge in [0.1, 0.15) is 0 Å². The number of nitrogens with zero attached hydrogens (tertiary/aromatic N) is 2. The predicted octanol–water partition coefficient (Wildman–Crippen LogP) is 5.03. The zero-order valence-corrected chi connectivity index (χ0v) is 17.7. The van der Waals surface area contributed by atoms with Gasteiger partial charge in [0.2, 0.25) is 0 Å². The maximum atomic E-state index is 12.0. The highest BCUT2D eigenvalue weighted by Crippen LogP contribution is 2.40. The Labute approximate surface area is 172 Å². The molecule has 1 aromatic carbocycles. The predicted molar refractivity (Wildman–Crippen MR) is 117 cm³/mol. The molecule has 0 amide bonds. The van der Waals surface area contributed by atoms with Gasteiger partial charge in [0.15, 0.2) is 5.78 Å². The van der Waals surface area contributed by atoms with E-state index in [0.717, 1.165) is 24.4 Å². The number of ketones is 1. The van der Waals surface area contributed by atoms with Crippen molar-refractivity contribution in [3.8, 4) is 0 Å². The molecule has 3 aliphatic rings. The van der Waals surface area contributed by atoms with Crippen molar-refractivity contribution >= 4 is 22.8 Å². The van der Waals surface area contributed by atoms with E-state index < -0.39 is 0 Å². The lowest BCUT2D eigenvalue weighted by Gasteiger charge is -2.41. The van der Waals surface area contributed by atoms with E-state index in [4.69, 9.17) is 0 Å². The molecule has 0 bridgehead atoms. The van der Waals surface area contributed by atoms with Gasteiger partial charge in [-0.3, -0.25) is 4.79 Å². The Morgan fingerprint density at radius 3 is 2.64 bits per heavy atom. The second-order valence-corrected chi connectivity index (χ2v) is 9.81. The fraction of sp³-hybridized carbons (Fsp3) is 0.542. The van der Waals surface area contributed by atoms with E-state index in [-0.39, 0.29) is 5.78 Å². The van der Waals surface area contributed by atoms with Crippen molar-refractivity contribution in [2.45, 2.75) is 57.9 Å². The number of piperidine rings is 1. The fourth-order valence-electron chi connectivity index (χ4n) is 5.27. The van der Waals surface area contributed by atoms with Gasteiger partial charge in [0, 0.05) is 23.7 Å². The number of hydrogen-bond donors (Lipinski definition) is 0. The highest BCUT2D eigenvalue weighted by atomic mass is 32.1. The average Bonchev–Trinajstić information content (AvgIpc) is 3.35. The van der Waals surface area contributed by atoms with Crippen LogP contribution in [-0.2, 0) is 19.3 Å². The lowest BCUT2D eigenvalue weighted by Crippen LogP contribution is -2.43. The van der Waals surface area contributed by atoms with E-state index in [0.29, 0.717) is 6.04 Å². The summed E-state index contributed by atoms with van der Waals surface area (Å²) >= 11 is 1.73. The lowest BCUT2D eigenvalue weighted by atomic mass is 9.96. The molecule has 0 radical (unpaired) electrons. The number of benzene rings is 1. The Morgan fingerprint density at radius 1 is 1.00 bits per heavy atom. The summed E-state index contributed by atoms with van der Waals surface area (Å²) in [4.78, 5) is 19.7. The molecule has 1 atom stereocenters. The van der Waals surface area contributed by atoms with Gasteiger partial charge in [-0.1, -0.05) is 12.5 Å². The molecule has 4 heteroatoms. The molecule has 28 heavy (non-hydrogen) atoms. The van der Waals surface area contributed by atoms with Crippen LogP contribution in [0.5, 0.6) is 0 Å². The maximum Gasteiger partial charge on any atom is 0.169 e. The van der Waals surface area contributed by atoms with Crippen molar-refractivity contribution in [1.82, 2.24) is 4.90 Å². The molecular formula is C24H30N2OS. The van der Waals surface area contributed by atoms with Crippen LogP contribution in [0.25, 0.3) is 0 Å². The van der Waals surface area contributed by atoms with Crippen molar-refractivity contribution < 1.29 is 4.79 Å². The van der Waals surface area contributed by atoms with Crippen LogP contribution in [0, 0.1) is 0 Å². The lowest BCUT2D eigenvalue weighted by molar-refractivity contribution is 0.102. The van der Waals surface area contributed by atoms with Crippen LogP contribution >= 0.6 is 11.3 Å². The molecule has 1 saturated heterocycles. The third kappa shape index (κ3) is 3.42. The van der Waals surface area contributed by atoms with Gasteiger partial charge < -0.3 is 9.80 Å². The molecule has 0 N–H and O–H groups in total. The first-order chi connectivity index (χ1) is 13.7. The summed E-state index contributed by atoms with van der Waals surface area (Å²) in [5.74, 6) is 0.209. The van der Waals surface area contributed by atoms with Crippen LogP contribution in [0.4, 0.5) is 5.69 Å². The molecule has 1 fully saturated rings. The number of carbonyl (C=O) groups excluding carboxylic acids is 1. The van der Waals surface area contributed by atoms with Crippen molar-refractivity contribution in [3.63, 3.8) is 0 Å². The highest BCUT2D eigenvalue weighted by molar-refractivity contribution is 7.14. The van der Waals surface area contributed by atoms with Gasteiger partial charge in [-0.25, -0.2) is 0 Å².